The molecular formula is C18H25N5O. The Balaban J connectivity index is 1.51. The first-order valence-corrected chi connectivity index (χ1v) is 8.35. The molecule has 2 aromatic rings. The predicted molar refractivity (Wildman–Crippen MR) is 95.0 cm³/mol. The summed E-state index contributed by atoms with van der Waals surface area (Å²) in [6.07, 6.45) is 4.79. The summed E-state index contributed by atoms with van der Waals surface area (Å²) in [4.78, 5) is 16.3. The normalized spacial score (nSPS) is 14.4. The predicted octanol–water partition coefficient (Wildman–Crippen LogP) is 2.01. The summed E-state index contributed by atoms with van der Waals surface area (Å²) in [6, 6.07) is 8.71. The standard InChI is InChI=1S/C18H25N5O/c1-14(23-9-8-16-6-4-5-7-17(16)23)10-19-18(24)21(2)12-15-11-20-22(3)13-15/h4-7,11,13-14H,8-10,12H2,1-3H3,(H,19,24)/t14-/m1/s1. The maximum absolute atomic E-state index is 12.3. The number of nitrogens with zero attached hydrogens (tertiary/aromatic N) is 4. The molecular weight excluding hydrogens is 302 g/mol. The fraction of sp³-hybridized carbons (Fsp3) is 0.444. The zero-order valence-electron chi connectivity index (χ0n) is 14.6. The van der Waals surface area contributed by atoms with E-state index in [1.165, 1.54) is 11.3 Å². The number of nitrogens with one attached hydrogen (secondary N) is 1. The van der Waals surface area contributed by atoms with Gasteiger partial charge in [0.1, 0.15) is 0 Å². The number of rotatable bonds is 5. The van der Waals surface area contributed by atoms with E-state index in [1.54, 1.807) is 22.8 Å². The number of benzene rings is 1. The molecule has 2 heterocycles. The number of urea groups is 1. The van der Waals surface area contributed by atoms with Gasteiger partial charge in [-0.15, -0.1) is 0 Å². The number of fused-ring (bicyclic) bond motifs is 1. The first-order valence-electron chi connectivity index (χ1n) is 8.35. The molecule has 6 nitrogen and oxygen atoms in total. The lowest BCUT2D eigenvalue weighted by atomic mass is 10.2. The second-order valence-electron chi connectivity index (χ2n) is 6.49. The van der Waals surface area contributed by atoms with Gasteiger partial charge in [0.25, 0.3) is 0 Å². The highest BCUT2D eigenvalue weighted by molar-refractivity contribution is 5.74. The van der Waals surface area contributed by atoms with Gasteiger partial charge in [0.2, 0.25) is 0 Å². The van der Waals surface area contributed by atoms with Gasteiger partial charge in [-0.25, -0.2) is 4.79 Å². The summed E-state index contributed by atoms with van der Waals surface area (Å²) < 4.78 is 1.74. The van der Waals surface area contributed by atoms with Crippen molar-refractivity contribution in [3.8, 4) is 0 Å². The topological polar surface area (TPSA) is 53.4 Å². The number of hydrogen-bond acceptors (Lipinski definition) is 3. The average Bonchev–Trinajstić information content (AvgIpc) is 3.18. The van der Waals surface area contributed by atoms with Crippen molar-refractivity contribution in [2.75, 3.05) is 25.0 Å². The summed E-state index contributed by atoms with van der Waals surface area (Å²) in [5, 5.41) is 7.16. The number of carbonyl (C=O) groups excluding carboxylic acids is 1. The molecule has 24 heavy (non-hydrogen) atoms. The summed E-state index contributed by atoms with van der Waals surface area (Å²) >= 11 is 0. The van der Waals surface area contributed by atoms with Crippen molar-refractivity contribution in [2.24, 2.45) is 7.05 Å². The van der Waals surface area contributed by atoms with E-state index in [0.717, 1.165) is 18.5 Å². The van der Waals surface area contributed by atoms with Crippen LogP contribution >= 0.6 is 0 Å². The molecule has 2 amide bonds. The molecule has 0 unspecified atom stereocenters. The van der Waals surface area contributed by atoms with Gasteiger partial charge in [-0.05, 0) is 25.0 Å². The first kappa shape index (κ1) is 16.4. The summed E-state index contributed by atoms with van der Waals surface area (Å²) in [5.41, 5.74) is 3.71. The van der Waals surface area contributed by atoms with Crippen molar-refractivity contribution in [3.63, 3.8) is 0 Å². The van der Waals surface area contributed by atoms with Crippen LogP contribution in [0.3, 0.4) is 0 Å². The van der Waals surface area contributed by atoms with E-state index < -0.39 is 0 Å². The molecule has 1 aromatic carbocycles. The highest BCUT2D eigenvalue weighted by atomic mass is 16.2. The van der Waals surface area contributed by atoms with E-state index >= 15 is 0 Å². The lowest BCUT2D eigenvalue weighted by Crippen LogP contribution is -2.45. The van der Waals surface area contributed by atoms with Gasteiger partial charge in [0, 0.05) is 50.7 Å². The zero-order chi connectivity index (χ0) is 17.1. The fourth-order valence-electron chi connectivity index (χ4n) is 3.20. The van der Waals surface area contributed by atoms with Crippen LogP contribution < -0.4 is 10.2 Å². The van der Waals surface area contributed by atoms with Gasteiger partial charge in [-0.2, -0.15) is 5.10 Å². The molecule has 0 radical (unpaired) electrons. The van der Waals surface area contributed by atoms with Crippen LogP contribution in [-0.4, -0.2) is 46.9 Å². The number of carbonyl (C=O) groups is 1. The van der Waals surface area contributed by atoms with Crippen LogP contribution in [-0.2, 0) is 20.0 Å². The summed E-state index contributed by atoms with van der Waals surface area (Å²) in [6.45, 7) is 4.36. The Morgan fingerprint density at radius 3 is 2.96 bits per heavy atom. The SMILES string of the molecule is C[C@H](CNC(=O)N(C)Cc1cnn(C)c1)N1CCc2ccccc21. The van der Waals surface area contributed by atoms with Crippen molar-refractivity contribution in [1.82, 2.24) is 20.0 Å². The molecule has 3 rings (SSSR count). The van der Waals surface area contributed by atoms with E-state index in [4.69, 9.17) is 0 Å². The van der Waals surface area contributed by atoms with Crippen LogP contribution in [0.1, 0.15) is 18.1 Å². The lowest BCUT2D eigenvalue weighted by molar-refractivity contribution is 0.206. The van der Waals surface area contributed by atoms with E-state index in [-0.39, 0.29) is 12.1 Å². The molecule has 1 N–H and O–H groups in total. The largest absolute Gasteiger partial charge is 0.366 e. The maximum Gasteiger partial charge on any atom is 0.317 e. The van der Waals surface area contributed by atoms with Crippen LogP contribution in [0.15, 0.2) is 36.7 Å². The minimum Gasteiger partial charge on any atom is -0.366 e. The second-order valence-corrected chi connectivity index (χ2v) is 6.49. The number of amides is 2. The maximum atomic E-state index is 12.3. The highest BCUT2D eigenvalue weighted by Crippen LogP contribution is 2.28. The van der Waals surface area contributed by atoms with Crippen LogP contribution in [0.5, 0.6) is 0 Å². The molecule has 0 fully saturated rings. The summed E-state index contributed by atoms with van der Waals surface area (Å²) in [5.74, 6) is 0. The van der Waals surface area contributed by atoms with E-state index in [1.807, 2.05) is 13.2 Å². The van der Waals surface area contributed by atoms with Crippen LogP contribution in [0, 0.1) is 0 Å². The number of aryl methyl sites for hydroxylation is 1. The number of hydrogen-bond donors (Lipinski definition) is 1. The fourth-order valence-corrected chi connectivity index (χ4v) is 3.20. The van der Waals surface area contributed by atoms with E-state index in [9.17, 15) is 4.79 Å². The molecule has 0 aliphatic carbocycles. The molecule has 6 heteroatoms. The smallest absolute Gasteiger partial charge is 0.317 e. The number of anilines is 1. The lowest BCUT2D eigenvalue weighted by Gasteiger charge is -2.28. The molecule has 1 aliphatic heterocycles. The molecule has 1 aliphatic rings. The molecule has 128 valence electrons. The van der Waals surface area contributed by atoms with Crippen molar-refractivity contribution < 1.29 is 4.79 Å². The van der Waals surface area contributed by atoms with E-state index in [2.05, 4.69) is 46.5 Å². The minimum atomic E-state index is -0.0572. The third-order valence-electron chi connectivity index (χ3n) is 4.53. The second kappa shape index (κ2) is 6.95. The molecule has 0 saturated heterocycles. The third kappa shape index (κ3) is 3.53. The van der Waals surface area contributed by atoms with Gasteiger partial charge in [0.05, 0.1) is 12.7 Å². The van der Waals surface area contributed by atoms with Gasteiger partial charge in [-0.3, -0.25) is 4.68 Å². The first-order chi connectivity index (χ1) is 11.5. The Kier molecular flexibility index (Phi) is 4.74. The Hall–Kier alpha value is -2.50. The van der Waals surface area contributed by atoms with Crippen molar-refractivity contribution >= 4 is 11.7 Å². The van der Waals surface area contributed by atoms with E-state index in [0.29, 0.717) is 13.1 Å². The van der Waals surface area contributed by atoms with Crippen molar-refractivity contribution in [3.05, 3.63) is 47.8 Å². The van der Waals surface area contributed by atoms with Crippen molar-refractivity contribution in [1.29, 1.82) is 0 Å². The average molecular weight is 327 g/mol. The third-order valence-corrected chi connectivity index (χ3v) is 4.53. The Morgan fingerprint density at radius 1 is 1.42 bits per heavy atom. The van der Waals surface area contributed by atoms with Crippen LogP contribution in [0.25, 0.3) is 0 Å². The quantitative estimate of drug-likeness (QED) is 0.914. The van der Waals surface area contributed by atoms with Gasteiger partial charge < -0.3 is 15.1 Å². The molecule has 1 atom stereocenters. The molecule has 0 saturated carbocycles. The monoisotopic (exact) mass is 327 g/mol. The van der Waals surface area contributed by atoms with Gasteiger partial charge in [0.15, 0.2) is 0 Å². The zero-order valence-corrected chi connectivity index (χ0v) is 14.6. The number of aromatic nitrogens is 2. The minimum absolute atomic E-state index is 0.0572. The Labute approximate surface area is 143 Å². The molecule has 0 bridgehead atoms. The number of para-hydroxylation sites is 1. The van der Waals surface area contributed by atoms with Crippen LogP contribution in [0.2, 0.25) is 0 Å². The van der Waals surface area contributed by atoms with Gasteiger partial charge in [-0.1, -0.05) is 18.2 Å². The summed E-state index contributed by atoms with van der Waals surface area (Å²) in [7, 11) is 3.68. The molecule has 1 aromatic heterocycles. The Bertz CT molecular complexity index is 711. The van der Waals surface area contributed by atoms with Gasteiger partial charge >= 0.3 is 6.03 Å². The molecule has 0 spiro atoms. The van der Waals surface area contributed by atoms with Crippen molar-refractivity contribution in [2.45, 2.75) is 25.9 Å². The highest BCUT2D eigenvalue weighted by Gasteiger charge is 2.23. The van der Waals surface area contributed by atoms with Crippen LogP contribution in [0.4, 0.5) is 10.5 Å². The Morgan fingerprint density at radius 2 is 2.21 bits per heavy atom.